The van der Waals surface area contributed by atoms with E-state index in [0.717, 1.165) is 0 Å². The number of hydrogen-bond donors (Lipinski definition) is 1. The van der Waals surface area contributed by atoms with Gasteiger partial charge in [-0.3, -0.25) is 4.98 Å². The largest absolute Gasteiger partial charge is 0.495 e. The van der Waals surface area contributed by atoms with E-state index in [9.17, 15) is 4.79 Å². The molecule has 2 rings (SSSR count). The van der Waals surface area contributed by atoms with Gasteiger partial charge >= 0.3 is 5.97 Å². The Morgan fingerprint density at radius 1 is 1.25 bits per heavy atom. The van der Waals surface area contributed by atoms with Gasteiger partial charge in [0.1, 0.15) is 16.5 Å². The fraction of sp³-hybridized carbons (Fsp3) is 0.143. The van der Waals surface area contributed by atoms with Crippen molar-refractivity contribution in [2.45, 2.75) is 0 Å². The smallest absolute Gasteiger partial charge is 0.337 e. The average Bonchev–Trinajstić information content (AvgIpc) is 2.47. The molecule has 0 amide bonds. The highest BCUT2D eigenvalue weighted by molar-refractivity contribution is 6.34. The van der Waals surface area contributed by atoms with E-state index in [-0.39, 0.29) is 5.56 Å². The lowest BCUT2D eigenvalue weighted by Gasteiger charge is -2.13. The van der Waals surface area contributed by atoms with Gasteiger partial charge in [0.2, 0.25) is 0 Å². The van der Waals surface area contributed by atoms with E-state index in [0.29, 0.717) is 27.6 Å². The molecule has 0 atom stereocenters. The van der Waals surface area contributed by atoms with E-state index in [1.54, 1.807) is 18.3 Å². The number of ether oxygens (including phenoxy) is 2. The van der Waals surface area contributed by atoms with Crippen LogP contribution in [0.25, 0.3) is 11.1 Å². The van der Waals surface area contributed by atoms with Crippen LogP contribution in [-0.4, -0.2) is 30.3 Å². The summed E-state index contributed by atoms with van der Waals surface area (Å²) in [5.74, 6) is -0.150. The molecule has 1 N–H and O–H groups in total. The van der Waals surface area contributed by atoms with Gasteiger partial charge in [0, 0.05) is 23.5 Å². The zero-order valence-electron chi connectivity index (χ0n) is 10.9. The fourth-order valence-electron chi connectivity index (χ4n) is 1.83. The van der Waals surface area contributed by atoms with Crippen LogP contribution >= 0.6 is 11.6 Å². The predicted molar refractivity (Wildman–Crippen MR) is 74.7 cm³/mol. The van der Waals surface area contributed by atoms with Gasteiger partial charge in [0.05, 0.1) is 19.8 Å². The Morgan fingerprint density at radius 2 is 2.00 bits per heavy atom. The number of nitrogens with zero attached hydrogens (tertiary/aromatic N) is 1. The normalized spacial score (nSPS) is 10.2. The second-order valence-electron chi connectivity index (χ2n) is 3.93. The number of pyridine rings is 1. The first-order valence-corrected chi connectivity index (χ1v) is 6.05. The minimum absolute atomic E-state index is 0.0940. The average molecular weight is 294 g/mol. The maximum atomic E-state index is 11.0. The fourth-order valence-corrected chi connectivity index (χ4v) is 2.15. The summed E-state index contributed by atoms with van der Waals surface area (Å²) in [5, 5.41) is 9.33. The maximum absolute atomic E-state index is 11.0. The van der Waals surface area contributed by atoms with Crippen molar-refractivity contribution in [1.82, 2.24) is 4.98 Å². The lowest BCUT2D eigenvalue weighted by molar-refractivity contribution is 0.0696. The molecular weight excluding hydrogens is 282 g/mol. The highest BCUT2D eigenvalue weighted by Crippen LogP contribution is 2.41. The summed E-state index contributed by atoms with van der Waals surface area (Å²) in [6, 6.07) is 4.94. The van der Waals surface area contributed by atoms with Crippen molar-refractivity contribution in [2.24, 2.45) is 0 Å². The van der Waals surface area contributed by atoms with Crippen molar-refractivity contribution in [3.05, 3.63) is 41.2 Å². The first kappa shape index (κ1) is 14.1. The molecule has 0 unspecified atom stereocenters. The van der Waals surface area contributed by atoms with Gasteiger partial charge in [-0.05, 0) is 18.2 Å². The summed E-state index contributed by atoms with van der Waals surface area (Å²) in [6.07, 6.45) is 2.83. The van der Waals surface area contributed by atoms with E-state index in [1.807, 2.05) is 0 Å². The molecule has 0 aliphatic rings. The molecule has 0 aliphatic carbocycles. The maximum Gasteiger partial charge on any atom is 0.337 e. The van der Waals surface area contributed by atoms with E-state index >= 15 is 0 Å². The minimum Gasteiger partial charge on any atom is -0.495 e. The second-order valence-corrected chi connectivity index (χ2v) is 4.31. The van der Waals surface area contributed by atoms with Crippen LogP contribution in [0.1, 0.15) is 10.4 Å². The third-order valence-electron chi connectivity index (χ3n) is 2.78. The number of benzene rings is 1. The molecule has 1 aromatic heterocycles. The van der Waals surface area contributed by atoms with Crippen molar-refractivity contribution in [1.29, 1.82) is 0 Å². The number of methoxy groups -OCH3 is 2. The Bertz CT molecular complexity index is 658. The molecule has 2 aromatic rings. The zero-order chi connectivity index (χ0) is 14.7. The lowest BCUT2D eigenvalue weighted by atomic mass is 10.0. The Kier molecular flexibility index (Phi) is 4.10. The van der Waals surface area contributed by atoms with Crippen molar-refractivity contribution in [2.75, 3.05) is 14.2 Å². The molecule has 0 saturated carbocycles. The summed E-state index contributed by atoms with van der Waals surface area (Å²) in [5.41, 5.74) is 1.34. The molecule has 0 saturated heterocycles. The van der Waals surface area contributed by atoms with Gasteiger partial charge in [-0.2, -0.15) is 0 Å². The van der Waals surface area contributed by atoms with Crippen LogP contribution in [0.5, 0.6) is 11.5 Å². The van der Waals surface area contributed by atoms with E-state index in [2.05, 4.69) is 4.98 Å². The predicted octanol–water partition coefficient (Wildman–Crippen LogP) is 3.12. The van der Waals surface area contributed by atoms with Crippen LogP contribution in [0.15, 0.2) is 30.6 Å². The molecule has 0 spiro atoms. The van der Waals surface area contributed by atoms with Crippen LogP contribution in [0, 0.1) is 0 Å². The molecule has 1 aromatic carbocycles. The summed E-state index contributed by atoms with van der Waals surface area (Å²) >= 11 is 6.18. The van der Waals surface area contributed by atoms with Gasteiger partial charge in [-0.15, -0.1) is 0 Å². The molecular formula is C14H12ClNO4. The number of rotatable bonds is 4. The number of carbonyl (C=O) groups is 1. The number of carboxylic acids is 1. The molecule has 0 fully saturated rings. The molecule has 1 heterocycles. The molecule has 0 bridgehead atoms. The topological polar surface area (TPSA) is 68.7 Å². The summed E-state index contributed by atoms with van der Waals surface area (Å²) in [6.45, 7) is 0. The van der Waals surface area contributed by atoms with Gasteiger partial charge in [0.15, 0.2) is 0 Å². The van der Waals surface area contributed by atoms with E-state index in [4.69, 9.17) is 26.2 Å². The van der Waals surface area contributed by atoms with E-state index in [1.165, 1.54) is 26.5 Å². The number of halogens is 1. The highest BCUT2D eigenvalue weighted by Gasteiger charge is 2.15. The quantitative estimate of drug-likeness (QED) is 0.938. The third kappa shape index (κ3) is 2.53. The number of carboxylic acid groups (broad SMARTS) is 1. The van der Waals surface area contributed by atoms with E-state index < -0.39 is 5.97 Å². The van der Waals surface area contributed by atoms with Gasteiger partial charge in [-0.25, -0.2) is 4.79 Å². The third-order valence-corrected chi connectivity index (χ3v) is 3.14. The highest BCUT2D eigenvalue weighted by atomic mass is 35.5. The van der Waals surface area contributed by atoms with Crippen LogP contribution < -0.4 is 9.47 Å². The van der Waals surface area contributed by atoms with Gasteiger partial charge in [0.25, 0.3) is 0 Å². The monoisotopic (exact) mass is 293 g/mol. The Balaban J connectivity index is 2.60. The van der Waals surface area contributed by atoms with Crippen molar-refractivity contribution in [3.63, 3.8) is 0 Å². The number of aromatic nitrogens is 1. The zero-order valence-corrected chi connectivity index (χ0v) is 11.6. The number of hydrogen-bond acceptors (Lipinski definition) is 4. The Hall–Kier alpha value is -2.27. The SMILES string of the molecule is COc1ccc(-c2cncc(C(=O)O)c2)c(OC)c1Cl. The van der Waals surface area contributed by atoms with Crippen molar-refractivity contribution in [3.8, 4) is 22.6 Å². The standard InChI is InChI=1S/C14H12ClNO4/c1-19-11-4-3-10(13(20-2)12(11)15)8-5-9(14(17)18)7-16-6-8/h3-7H,1-2H3,(H,17,18). The summed E-state index contributed by atoms with van der Waals surface area (Å²) in [4.78, 5) is 14.9. The molecule has 20 heavy (non-hydrogen) atoms. The van der Waals surface area contributed by atoms with Crippen molar-refractivity contribution < 1.29 is 19.4 Å². The van der Waals surface area contributed by atoms with Gasteiger partial charge in [-0.1, -0.05) is 11.6 Å². The Labute approximate surface area is 120 Å². The van der Waals surface area contributed by atoms with Crippen molar-refractivity contribution >= 4 is 17.6 Å². The van der Waals surface area contributed by atoms with Gasteiger partial charge < -0.3 is 14.6 Å². The molecule has 6 heteroatoms. The number of aromatic carboxylic acids is 1. The summed E-state index contributed by atoms with van der Waals surface area (Å²) in [7, 11) is 2.99. The molecule has 0 radical (unpaired) electrons. The minimum atomic E-state index is -1.04. The second kappa shape index (κ2) is 5.79. The van der Waals surface area contributed by atoms with Crippen LogP contribution in [0.3, 0.4) is 0 Å². The Morgan fingerprint density at radius 3 is 2.60 bits per heavy atom. The lowest BCUT2D eigenvalue weighted by Crippen LogP contribution is -1.98. The van der Waals surface area contributed by atoms with Crippen LogP contribution in [0.4, 0.5) is 0 Å². The first-order valence-electron chi connectivity index (χ1n) is 5.67. The molecule has 0 aliphatic heterocycles. The van der Waals surface area contributed by atoms with Crippen LogP contribution in [-0.2, 0) is 0 Å². The molecule has 104 valence electrons. The summed E-state index contributed by atoms with van der Waals surface area (Å²) < 4.78 is 10.4. The van der Waals surface area contributed by atoms with Crippen LogP contribution in [0.2, 0.25) is 5.02 Å². The molecule has 5 nitrogen and oxygen atoms in total. The first-order chi connectivity index (χ1) is 9.58.